The Morgan fingerprint density at radius 2 is 2.11 bits per heavy atom. The quantitative estimate of drug-likeness (QED) is 0.643. The van der Waals surface area contributed by atoms with Gasteiger partial charge in [-0.15, -0.1) is 0 Å². The van der Waals surface area contributed by atoms with Crippen LogP contribution in [0.25, 0.3) is 0 Å². The van der Waals surface area contributed by atoms with Gasteiger partial charge in [-0.25, -0.2) is 4.79 Å². The lowest BCUT2D eigenvalue weighted by Crippen LogP contribution is -2.32. The summed E-state index contributed by atoms with van der Waals surface area (Å²) >= 11 is 0.471. The lowest BCUT2D eigenvalue weighted by molar-refractivity contribution is -0.142. The molecule has 0 aliphatic heterocycles. The van der Waals surface area contributed by atoms with E-state index in [1.807, 2.05) is 0 Å². The Balaban J connectivity index is 2.14. The molecular weight excluding hydrogens is 272 g/mol. The van der Waals surface area contributed by atoms with Gasteiger partial charge in [0.15, 0.2) is 0 Å². The fourth-order valence-corrected chi connectivity index (χ4v) is 2.48. The zero-order chi connectivity index (χ0) is 13.8. The monoisotopic (exact) mass is 287 g/mol. The molecule has 1 aromatic rings. The molecule has 3 nitrogen and oxygen atoms in total. The lowest BCUT2D eigenvalue weighted by Gasteiger charge is -2.19. The normalized spacial score (nSPS) is 16.2. The third-order valence-corrected chi connectivity index (χ3v) is 3.75. The molecule has 0 bridgehead atoms. The molecule has 1 saturated carbocycles. The van der Waals surface area contributed by atoms with Gasteiger partial charge in [0, 0.05) is 10.6 Å². The van der Waals surface area contributed by atoms with Gasteiger partial charge in [0.2, 0.25) is 0 Å². The van der Waals surface area contributed by atoms with E-state index in [0.717, 1.165) is 12.8 Å². The average molecular weight is 287 g/mol. The summed E-state index contributed by atoms with van der Waals surface area (Å²) in [6, 6.07) is 6.30. The molecule has 19 heavy (non-hydrogen) atoms. The number of hydrogen-bond donors (Lipinski definition) is 1. The Bertz CT molecular complexity index is 452. The van der Waals surface area contributed by atoms with Crippen LogP contribution in [-0.2, 0) is 9.53 Å². The summed E-state index contributed by atoms with van der Waals surface area (Å²) in [7, 11) is 1.33. The molecule has 1 N–H and O–H groups in total. The van der Waals surface area contributed by atoms with Crippen LogP contribution < -0.4 is 5.32 Å². The third-order valence-electron chi connectivity index (χ3n) is 2.96. The first-order chi connectivity index (χ1) is 9.11. The van der Waals surface area contributed by atoms with Crippen LogP contribution in [0.3, 0.4) is 0 Å². The summed E-state index contributed by atoms with van der Waals surface area (Å²) in [6.45, 7) is 0. The SMILES string of the molecule is COC(=O)C(Nc1ccccc1SC(F)F)C1CC1. The summed E-state index contributed by atoms with van der Waals surface area (Å²) < 4.78 is 29.7. The van der Waals surface area contributed by atoms with Crippen molar-refractivity contribution < 1.29 is 18.3 Å². The number of ether oxygens (including phenoxy) is 1. The largest absolute Gasteiger partial charge is 0.467 e. The van der Waals surface area contributed by atoms with Crippen molar-refractivity contribution in [1.82, 2.24) is 0 Å². The minimum atomic E-state index is -2.49. The second-order valence-corrected chi connectivity index (χ2v) is 5.39. The van der Waals surface area contributed by atoms with E-state index in [4.69, 9.17) is 4.74 Å². The van der Waals surface area contributed by atoms with Gasteiger partial charge in [0.1, 0.15) is 6.04 Å². The van der Waals surface area contributed by atoms with Gasteiger partial charge in [0.05, 0.1) is 7.11 Å². The molecule has 2 rings (SSSR count). The number of nitrogens with one attached hydrogen (secondary N) is 1. The van der Waals surface area contributed by atoms with Crippen LogP contribution in [0.15, 0.2) is 29.2 Å². The Hall–Kier alpha value is -1.30. The van der Waals surface area contributed by atoms with Crippen molar-refractivity contribution >= 4 is 23.4 Å². The lowest BCUT2D eigenvalue weighted by atomic mass is 10.1. The number of thioether (sulfide) groups is 1. The van der Waals surface area contributed by atoms with Crippen LogP contribution in [0.5, 0.6) is 0 Å². The number of para-hydroxylation sites is 1. The summed E-state index contributed by atoms with van der Waals surface area (Å²) in [5, 5.41) is 3.04. The van der Waals surface area contributed by atoms with E-state index in [0.29, 0.717) is 22.3 Å². The van der Waals surface area contributed by atoms with Crippen LogP contribution in [0, 0.1) is 5.92 Å². The van der Waals surface area contributed by atoms with E-state index in [2.05, 4.69) is 5.32 Å². The number of hydrogen-bond acceptors (Lipinski definition) is 4. The second kappa shape index (κ2) is 6.23. The second-order valence-electron chi connectivity index (χ2n) is 4.36. The highest BCUT2D eigenvalue weighted by Crippen LogP contribution is 2.37. The smallest absolute Gasteiger partial charge is 0.328 e. The summed E-state index contributed by atoms with van der Waals surface area (Å²) in [6.07, 6.45) is 1.91. The Morgan fingerprint density at radius 3 is 2.68 bits per heavy atom. The van der Waals surface area contributed by atoms with Crippen LogP contribution in [0.4, 0.5) is 14.5 Å². The number of benzene rings is 1. The summed E-state index contributed by atoms with van der Waals surface area (Å²) in [5.41, 5.74) is 0.551. The molecule has 0 radical (unpaired) electrons. The van der Waals surface area contributed by atoms with Crippen molar-refractivity contribution in [2.75, 3.05) is 12.4 Å². The summed E-state index contributed by atoms with van der Waals surface area (Å²) in [5.74, 6) is -2.60. The highest BCUT2D eigenvalue weighted by Gasteiger charge is 2.37. The van der Waals surface area contributed by atoms with Crippen molar-refractivity contribution in [1.29, 1.82) is 0 Å². The minimum Gasteiger partial charge on any atom is -0.467 e. The van der Waals surface area contributed by atoms with Crippen molar-refractivity contribution in [2.24, 2.45) is 5.92 Å². The average Bonchev–Trinajstić information content (AvgIpc) is 3.20. The Morgan fingerprint density at radius 1 is 1.42 bits per heavy atom. The number of methoxy groups -OCH3 is 1. The molecule has 1 atom stereocenters. The fraction of sp³-hybridized carbons (Fsp3) is 0.462. The van der Waals surface area contributed by atoms with E-state index >= 15 is 0 Å². The molecule has 0 spiro atoms. The maximum absolute atomic E-state index is 12.5. The van der Waals surface area contributed by atoms with Gasteiger partial charge in [0.25, 0.3) is 5.76 Å². The zero-order valence-electron chi connectivity index (χ0n) is 10.4. The fourth-order valence-electron chi connectivity index (χ4n) is 1.88. The topological polar surface area (TPSA) is 38.3 Å². The number of rotatable bonds is 6. The standard InChI is InChI=1S/C13H15F2NO2S/c1-18-12(17)11(8-6-7-8)16-9-4-2-3-5-10(9)19-13(14)15/h2-5,8,11,13,16H,6-7H2,1H3. The highest BCUT2D eigenvalue weighted by atomic mass is 32.2. The molecule has 1 aliphatic rings. The third kappa shape index (κ3) is 3.83. The number of halogens is 2. The van der Waals surface area contributed by atoms with Gasteiger partial charge in [-0.1, -0.05) is 23.9 Å². The van der Waals surface area contributed by atoms with Crippen LogP contribution in [-0.4, -0.2) is 24.9 Å². The Labute approximate surface area is 114 Å². The van der Waals surface area contributed by atoms with E-state index in [9.17, 15) is 13.6 Å². The molecular formula is C13H15F2NO2S. The first-order valence-corrected chi connectivity index (χ1v) is 6.88. The number of esters is 1. The number of alkyl halides is 2. The van der Waals surface area contributed by atoms with Crippen LogP contribution >= 0.6 is 11.8 Å². The molecule has 1 unspecified atom stereocenters. The molecule has 6 heteroatoms. The maximum atomic E-state index is 12.5. The van der Waals surface area contributed by atoms with Gasteiger partial charge in [-0.3, -0.25) is 0 Å². The molecule has 1 fully saturated rings. The summed E-state index contributed by atoms with van der Waals surface area (Å²) in [4.78, 5) is 12.1. The molecule has 0 saturated heterocycles. The van der Waals surface area contributed by atoms with Crippen LogP contribution in [0.2, 0.25) is 0 Å². The molecule has 1 aromatic carbocycles. The minimum absolute atomic E-state index is 0.233. The van der Waals surface area contributed by atoms with Gasteiger partial charge in [-0.2, -0.15) is 8.78 Å². The van der Waals surface area contributed by atoms with Crippen molar-refractivity contribution in [2.45, 2.75) is 29.5 Å². The van der Waals surface area contributed by atoms with Crippen molar-refractivity contribution in [3.63, 3.8) is 0 Å². The predicted molar refractivity (Wildman–Crippen MR) is 70.5 cm³/mol. The Kier molecular flexibility index (Phi) is 4.63. The van der Waals surface area contributed by atoms with Crippen LogP contribution in [0.1, 0.15) is 12.8 Å². The first-order valence-electron chi connectivity index (χ1n) is 6.00. The molecule has 0 amide bonds. The van der Waals surface area contributed by atoms with E-state index in [-0.39, 0.29) is 11.9 Å². The predicted octanol–water partition coefficient (Wildman–Crippen LogP) is 3.36. The van der Waals surface area contributed by atoms with E-state index in [1.54, 1.807) is 24.3 Å². The van der Waals surface area contributed by atoms with Gasteiger partial charge < -0.3 is 10.1 Å². The van der Waals surface area contributed by atoms with Gasteiger partial charge in [-0.05, 0) is 30.9 Å². The molecule has 0 heterocycles. The number of anilines is 1. The molecule has 1 aliphatic carbocycles. The van der Waals surface area contributed by atoms with E-state index < -0.39 is 11.8 Å². The number of carbonyl (C=O) groups excluding carboxylic acids is 1. The van der Waals surface area contributed by atoms with Crippen molar-refractivity contribution in [3.8, 4) is 0 Å². The number of carbonyl (C=O) groups is 1. The van der Waals surface area contributed by atoms with Gasteiger partial charge >= 0.3 is 5.97 Å². The van der Waals surface area contributed by atoms with Crippen molar-refractivity contribution in [3.05, 3.63) is 24.3 Å². The van der Waals surface area contributed by atoms with E-state index in [1.165, 1.54) is 7.11 Å². The highest BCUT2D eigenvalue weighted by molar-refractivity contribution is 7.99. The molecule has 104 valence electrons. The maximum Gasteiger partial charge on any atom is 0.328 e. The zero-order valence-corrected chi connectivity index (χ0v) is 11.3. The first kappa shape index (κ1) is 14.1. The molecule has 0 aromatic heterocycles.